The van der Waals surface area contributed by atoms with E-state index in [1.54, 1.807) is 0 Å². The topological polar surface area (TPSA) is 65.0 Å². The third-order valence-corrected chi connectivity index (χ3v) is 7.73. The molecule has 6 atom stereocenters. The first-order chi connectivity index (χ1) is 13.7. The minimum atomic E-state index is -1.96. The lowest BCUT2D eigenvalue weighted by Gasteiger charge is -2.64. The van der Waals surface area contributed by atoms with Gasteiger partial charge < -0.3 is 19.0 Å². The first-order valence-corrected chi connectivity index (χ1v) is 14.0. The first kappa shape index (κ1) is 20.8. The molecule has 4 bridgehead atoms. The molecule has 3 saturated carbocycles. The van der Waals surface area contributed by atoms with Crippen LogP contribution in [0.1, 0.15) is 18.4 Å². The van der Waals surface area contributed by atoms with E-state index in [-0.39, 0.29) is 48.8 Å². The number of carbonyl (C=O) groups is 1. The Morgan fingerprint density at radius 3 is 2.62 bits per heavy atom. The third-order valence-electron chi connectivity index (χ3n) is 6.76. The number of fused-ring (bicyclic) bond motifs is 1. The van der Waals surface area contributed by atoms with Gasteiger partial charge in [0, 0.05) is 12.5 Å². The van der Waals surface area contributed by atoms with Crippen molar-refractivity contribution in [3.05, 3.63) is 48.0 Å². The molecular formula is C23H32O5Si. The van der Waals surface area contributed by atoms with E-state index in [1.807, 2.05) is 30.3 Å². The van der Waals surface area contributed by atoms with E-state index in [2.05, 4.69) is 26.2 Å². The molecule has 0 unspecified atom stereocenters. The molecule has 1 aliphatic heterocycles. The molecule has 1 heterocycles. The van der Waals surface area contributed by atoms with Crippen molar-refractivity contribution in [1.29, 1.82) is 0 Å². The molecule has 5 nitrogen and oxygen atoms in total. The summed E-state index contributed by atoms with van der Waals surface area (Å²) in [5.41, 5.74) is 1.43. The maximum Gasteiger partial charge on any atom is 0.309 e. The zero-order chi connectivity index (χ0) is 20.8. The highest BCUT2D eigenvalue weighted by Gasteiger charge is 2.67. The minimum absolute atomic E-state index is 0.0163. The van der Waals surface area contributed by atoms with Crippen LogP contribution in [-0.2, 0) is 25.3 Å². The number of esters is 1. The quantitative estimate of drug-likeness (QED) is 0.418. The number of aliphatic hydroxyl groups is 1. The molecule has 0 radical (unpaired) electrons. The maximum atomic E-state index is 12.4. The van der Waals surface area contributed by atoms with Gasteiger partial charge in [-0.1, -0.05) is 36.9 Å². The van der Waals surface area contributed by atoms with E-state index in [0.717, 1.165) is 17.6 Å². The third kappa shape index (κ3) is 3.72. The summed E-state index contributed by atoms with van der Waals surface area (Å²) in [5, 5.41) is 10.2. The number of hydrogen-bond donors (Lipinski definition) is 1. The maximum absolute atomic E-state index is 12.4. The predicted octanol–water partition coefficient (Wildman–Crippen LogP) is 3.54. The number of benzene rings is 1. The summed E-state index contributed by atoms with van der Waals surface area (Å²) < 4.78 is 18.6. The largest absolute Gasteiger partial charge is 0.462 e. The van der Waals surface area contributed by atoms with E-state index >= 15 is 0 Å². The van der Waals surface area contributed by atoms with Gasteiger partial charge in [0.15, 0.2) is 8.32 Å². The van der Waals surface area contributed by atoms with Gasteiger partial charge in [0.05, 0.1) is 25.2 Å². The molecule has 29 heavy (non-hydrogen) atoms. The molecule has 0 amide bonds. The Kier molecular flexibility index (Phi) is 5.48. The van der Waals surface area contributed by atoms with E-state index in [1.165, 1.54) is 0 Å². The number of rotatable bonds is 7. The average Bonchev–Trinajstić information content (AvgIpc) is 2.64. The zero-order valence-electron chi connectivity index (χ0n) is 17.6. The van der Waals surface area contributed by atoms with Crippen LogP contribution in [0.3, 0.4) is 0 Å². The highest BCUT2D eigenvalue weighted by Crippen LogP contribution is 2.61. The van der Waals surface area contributed by atoms with Crippen LogP contribution in [0.5, 0.6) is 0 Å². The smallest absolute Gasteiger partial charge is 0.309 e. The Morgan fingerprint density at radius 1 is 1.24 bits per heavy atom. The van der Waals surface area contributed by atoms with Gasteiger partial charge in [-0.2, -0.15) is 0 Å². The molecule has 4 aliphatic rings. The highest BCUT2D eigenvalue weighted by molar-refractivity contribution is 6.69. The van der Waals surface area contributed by atoms with Crippen LogP contribution in [0.15, 0.2) is 42.5 Å². The van der Waals surface area contributed by atoms with Gasteiger partial charge in [0.25, 0.3) is 0 Å². The fourth-order valence-electron chi connectivity index (χ4n) is 5.86. The molecule has 3 aliphatic carbocycles. The van der Waals surface area contributed by atoms with Gasteiger partial charge >= 0.3 is 5.97 Å². The number of aliphatic hydroxyl groups excluding tert-OH is 1. The molecule has 6 heteroatoms. The zero-order valence-corrected chi connectivity index (χ0v) is 18.6. The van der Waals surface area contributed by atoms with Crippen LogP contribution < -0.4 is 0 Å². The number of ether oxygens (including phenoxy) is 2. The van der Waals surface area contributed by atoms with Crippen molar-refractivity contribution in [2.24, 2.45) is 23.7 Å². The Hall–Kier alpha value is -1.47. The molecule has 1 saturated heterocycles. The van der Waals surface area contributed by atoms with Gasteiger partial charge in [-0.05, 0) is 55.0 Å². The van der Waals surface area contributed by atoms with Crippen LogP contribution in [-0.4, -0.2) is 44.3 Å². The average molecular weight is 417 g/mol. The van der Waals surface area contributed by atoms with E-state index in [9.17, 15) is 9.90 Å². The lowest BCUT2D eigenvalue weighted by atomic mass is 9.48. The molecule has 0 aromatic heterocycles. The monoisotopic (exact) mass is 416 g/mol. The van der Waals surface area contributed by atoms with Crippen LogP contribution in [0.2, 0.25) is 19.6 Å². The van der Waals surface area contributed by atoms with Gasteiger partial charge in [0.1, 0.15) is 6.10 Å². The standard InChI is InChI=1S/C23H32O5Si/c1-15-17-10-20-22(23(15,11-21(25)27-20)28-29(2,3)4)19(18(17)12-24)14-26-13-16-8-6-5-7-9-16/h5-9,17-20,22,24H,1,10-14H2,2-4H3/t17-,18-,19+,20-,22+,23-/m1/s1. The molecular weight excluding hydrogens is 384 g/mol. The van der Waals surface area contributed by atoms with Crippen molar-refractivity contribution < 1.29 is 23.8 Å². The molecule has 1 N–H and O–H groups in total. The lowest BCUT2D eigenvalue weighted by molar-refractivity contribution is -0.223. The minimum Gasteiger partial charge on any atom is -0.462 e. The van der Waals surface area contributed by atoms with Crippen molar-refractivity contribution >= 4 is 14.3 Å². The predicted molar refractivity (Wildman–Crippen MR) is 113 cm³/mol. The van der Waals surface area contributed by atoms with Crippen LogP contribution in [0.4, 0.5) is 0 Å². The van der Waals surface area contributed by atoms with E-state index in [0.29, 0.717) is 13.2 Å². The first-order valence-electron chi connectivity index (χ1n) is 10.6. The van der Waals surface area contributed by atoms with Crippen molar-refractivity contribution in [3.8, 4) is 0 Å². The Morgan fingerprint density at radius 2 is 1.97 bits per heavy atom. The fraction of sp³-hybridized carbons (Fsp3) is 0.609. The summed E-state index contributed by atoms with van der Waals surface area (Å²) in [6.07, 6.45) is 0.768. The fourth-order valence-corrected chi connectivity index (χ4v) is 7.29. The summed E-state index contributed by atoms with van der Waals surface area (Å²) >= 11 is 0. The Bertz CT molecular complexity index is 773. The number of hydrogen-bond acceptors (Lipinski definition) is 5. The molecule has 158 valence electrons. The van der Waals surface area contributed by atoms with Gasteiger partial charge in [0.2, 0.25) is 0 Å². The van der Waals surface area contributed by atoms with Crippen LogP contribution >= 0.6 is 0 Å². The lowest BCUT2D eigenvalue weighted by Crippen LogP contribution is -2.70. The Balaban J connectivity index is 1.62. The molecule has 1 aromatic carbocycles. The summed E-state index contributed by atoms with van der Waals surface area (Å²) in [6.45, 7) is 12.0. The SMILES string of the molecule is C=C1[C@H]2C[C@H]3OC(=O)C[C@]1(O[Si](C)(C)C)[C@H]3[C@@H](COCc1ccccc1)[C@@H]2CO. The van der Waals surface area contributed by atoms with Crippen LogP contribution in [0.25, 0.3) is 0 Å². The van der Waals surface area contributed by atoms with Crippen molar-refractivity contribution in [3.63, 3.8) is 0 Å². The second-order valence-electron chi connectivity index (χ2n) is 9.71. The molecule has 4 fully saturated rings. The van der Waals surface area contributed by atoms with E-state index in [4.69, 9.17) is 13.9 Å². The molecule has 5 rings (SSSR count). The van der Waals surface area contributed by atoms with E-state index < -0.39 is 13.9 Å². The van der Waals surface area contributed by atoms with Crippen molar-refractivity contribution in [2.75, 3.05) is 13.2 Å². The molecule has 0 spiro atoms. The van der Waals surface area contributed by atoms with Gasteiger partial charge in [-0.25, -0.2) is 0 Å². The molecule has 1 aromatic rings. The van der Waals surface area contributed by atoms with Gasteiger partial charge in [-0.15, -0.1) is 0 Å². The highest BCUT2D eigenvalue weighted by atomic mass is 28.4. The van der Waals surface area contributed by atoms with Crippen molar-refractivity contribution in [2.45, 2.75) is 50.8 Å². The summed E-state index contributed by atoms with van der Waals surface area (Å²) in [6, 6.07) is 10.1. The summed E-state index contributed by atoms with van der Waals surface area (Å²) in [7, 11) is -1.96. The summed E-state index contributed by atoms with van der Waals surface area (Å²) in [5.74, 6) is 0.00900. The second-order valence-corrected chi connectivity index (χ2v) is 14.1. The summed E-state index contributed by atoms with van der Waals surface area (Å²) in [4.78, 5) is 12.4. The van der Waals surface area contributed by atoms with Crippen LogP contribution in [0, 0.1) is 23.7 Å². The second kappa shape index (κ2) is 7.65. The van der Waals surface area contributed by atoms with Gasteiger partial charge in [-0.3, -0.25) is 4.79 Å². The Labute approximate surface area is 174 Å². The van der Waals surface area contributed by atoms with Crippen molar-refractivity contribution in [1.82, 2.24) is 0 Å². The number of carbonyl (C=O) groups excluding carboxylic acids is 1. The normalized spacial score (nSPS) is 36.2.